The number of hydrogen-bond acceptors (Lipinski definition) is 3. The smallest absolute Gasteiger partial charge is 0.257 e. The van der Waals surface area contributed by atoms with Gasteiger partial charge in [0.05, 0.1) is 0 Å². The minimum absolute atomic E-state index is 0.00201. The van der Waals surface area contributed by atoms with Crippen LogP contribution in [0.5, 0.6) is 0 Å². The molecule has 0 saturated heterocycles. The predicted molar refractivity (Wildman–Crippen MR) is 378 cm³/mol. The highest BCUT2D eigenvalue weighted by Crippen LogP contribution is 2.58. The first kappa shape index (κ1) is 58.1. The van der Waals surface area contributed by atoms with Crippen molar-refractivity contribution in [2.45, 2.75) is 257 Å². The first-order valence-corrected chi connectivity index (χ1v) is 34.2. The van der Waals surface area contributed by atoms with Crippen molar-refractivity contribution in [3.05, 3.63) is 171 Å². The molecular weight excluding hydrogens is 1060 g/mol. The average Bonchev–Trinajstić information content (AvgIpc) is 1.22. The molecule has 0 spiro atoms. The Morgan fingerprint density at radius 2 is 0.670 bits per heavy atom. The molecule has 7 aromatic carbocycles. The van der Waals surface area contributed by atoms with Crippen LogP contribution < -0.4 is 26.2 Å². The summed E-state index contributed by atoms with van der Waals surface area (Å²) < 4.78 is 7.97. The Labute approximate surface area is 529 Å². The van der Waals surface area contributed by atoms with Crippen LogP contribution in [0.3, 0.4) is 0 Å². The quantitative estimate of drug-likeness (QED) is 0.164. The Balaban J connectivity index is 1.14. The van der Waals surface area contributed by atoms with Crippen molar-refractivity contribution in [1.29, 1.82) is 0 Å². The Kier molecular flexibility index (Phi) is 12.1. The molecule has 4 heteroatoms. The maximum atomic E-state index is 7.97. The van der Waals surface area contributed by atoms with Crippen LogP contribution in [0.15, 0.2) is 120 Å². The zero-order valence-electron chi connectivity index (χ0n) is 57.4. The summed E-state index contributed by atoms with van der Waals surface area (Å²) in [5.74, 6) is 0.965. The third-order valence-electron chi connectivity index (χ3n) is 25.2. The summed E-state index contributed by atoms with van der Waals surface area (Å²) in [7, 11) is 0. The van der Waals surface area contributed by atoms with Crippen LogP contribution in [-0.2, 0) is 54.1 Å². The van der Waals surface area contributed by atoms with Gasteiger partial charge >= 0.3 is 0 Å². The van der Waals surface area contributed by atoms with E-state index in [1.54, 1.807) is 0 Å². The minimum atomic E-state index is -0.125. The van der Waals surface area contributed by atoms with E-state index >= 15 is 0 Å². The summed E-state index contributed by atoms with van der Waals surface area (Å²) in [4.78, 5) is 5.43. The molecule has 3 heterocycles. The van der Waals surface area contributed by atoms with Crippen molar-refractivity contribution in [2.75, 3.05) is 9.80 Å². The lowest BCUT2D eigenvalue weighted by Crippen LogP contribution is -2.61. The molecule has 0 fully saturated rings. The van der Waals surface area contributed by atoms with Crippen LogP contribution in [0.25, 0.3) is 33.2 Å². The van der Waals surface area contributed by atoms with Gasteiger partial charge in [-0.05, 0) is 274 Å². The van der Waals surface area contributed by atoms with Crippen molar-refractivity contribution in [1.82, 2.24) is 0 Å². The summed E-state index contributed by atoms with van der Waals surface area (Å²) in [5, 5.41) is 1.26. The number of nitrogens with zero attached hydrogens (tertiary/aromatic N) is 2. The van der Waals surface area contributed by atoms with E-state index in [4.69, 9.17) is 4.42 Å². The Morgan fingerprint density at radius 3 is 1.14 bits per heavy atom. The van der Waals surface area contributed by atoms with Crippen LogP contribution in [0.1, 0.15) is 258 Å². The van der Waals surface area contributed by atoms with E-state index in [9.17, 15) is 0 Å². The molecule has 3 nitrogen and oxygen atoms in total. The lowest BCUT2D eigenvalue weighted by Gasteiger charge is -2.47. The van der Waals surface area contributed by atoms with E-state index in [-0.39, 0.29) is 60.9 Å². The first-order valence-electron chi connectivity index (χ1n) is 34.2. The fraction of sp³-hybridized carbons (Fsp3) is 0.476. The Hall–Kier alpha value is -6.26. The van der Waals surface area contributed by atoms with E-state index < -0.39 is 0 Å². The molecule has 0 saturated carbocycles. The van der Waals surface area contributed by atoms with Gasteiger partial charge in [-0.1, -0.05) is 187 Å². The molecule has 0 atom stereocenters. The van der Waals surface area contributed by atoms with Gasteiger partial charge in [0.15, 0.2) is 0 Å². The zero-order valence-corrected chi connectivity index (χ0v) is 57.4. The second kappa shape index (κ2) is 18.2. The van der Waals surface area contributed by atoms with Gasteiger partial charge in [0.1, 0.15) is 5.58 Å². The van der Waals surface area contributed by atoms with Crippen LogP contribution in [0.4, 0.5) is 34.3 Å². The second-order valence-electron chi connectivity index (χ2n) is 35.8. The average molecular weight is 1160 g/mol. The normalized spacial score (nSPS) is 22.5. The summed E-state index contributed by atoms with van der Waals surface area (Å²) in [5.41, 5.74) is 31.3. The molecule has 1 aromatic heterocycles. The van der Waals surface area contributed by atoms with E-state index in [0.29, 0.717) is 0 Å². The second-order valence-corrected chi connectivity index (χ2v) is 35.8. The Morgan fingerprint density at radius 1 is 0.307 bits per heavy atom. The third-order valence-corrected chi connectivity index (χ3v) is 25.2. The summed E-state index contributed by atoms with van der Waals surface area (Å²) in [6, 6.07) is 47.8. The molecule has 0 N–H and O–H groups in total. The molecule has 0 bridgehead atoms. The van der Waals surface area contributed by atoms with Crippen LogP contribution in [0.2, 0.25) is 0 Å². The van der Waals surface area contributed by atoms with Gasteiger partial charge in [0, 0.05) is 39.3 Å². The number of anilines is 6. The first-order chi connectivity index (χ1) is 41.0. The van der Waals surface area contributed by atoms with Gasteiger partial charge < -0.3 is 9.32 Å². The third kappa shape index (κ3) is 8.39. The van der Waals surface area contributed by atoms with Gasteiger partial charge in [-0.25, -0.2) is 0 Å². The molecule has 8 aromatic rings. The highest BCUT2D eigenvalue weighted by Gasteiger charge is 2.51. The molecule has 5 aliphatic carbocycles. The number of fused-ring (bicyclic) bond motifs is 11. The molecule has 7 aliphatic rings. The van der Waals surface area contributed by atoms with E-state index in [1.807, 2.05) is 0 Å². The fourth-order valence-corrected chi connectivity index (χ4v) is 18.5. The number of benzene rings is 7. The fourth-order valence-electron chi connectivity index (χ4n) is 18.5. The monoisotopic (exact) mass is 1160 g/mol. The molecule has 0 radical (unpaired) electrons. The molecular formula is C84H99BN2O. The van der Waals surface area contributed by atoms with Gasteiger partial charge in [-0.2, -0.15) is 0 Å². The number of rotatable bonds is 4. The topological polar surface area (TPSA) is 19.6 Å². The Bertz CT molecular complexity index is 4300. The zero-order chi connectivity index (χ0) is 62.4. The molecule has 454 valence electrons. The maximum Gasteiger partial charge on any atom is 0.257 e. The molecule has 2 aliphatic heterocycles. The predicted octanol–water partition coefficient (Wildman–Crippen LogP) is 21.6. The van der Waals surface area contributed by atoms with Gasteiger partial charge in [-0.15, -0.1) is 0 Å². The summed E-state index contributed by atoms with van der Waals surface area (Å²) in [6.07, 6.45) is 11.5. The maximum absolute atomic E-state index is 7.97. The van der Waals surface area contributed by atoms with Crippen molar-refractivity contribution in [3.8, 4) is 22.3 Å². The van der Waals surface area contributed by atoms with E-state index in [2.05, 4.69) is 264 Å². The lowest BCUT2D eigenvalue weighted by molar-refractivity contribution is 0.332. The van der Waals surface area contributed by atoms with E-state index in [1.165, 1.54) is 141 Å². The lowest BCUT2D eigenvalue weighted by atomic mass is 9.33. The van der Waals surface area contributed by atoms with Crippen molar-refractivity contribution < 1.29 is 4.42 Å². The van der Waals surface area contributed by atoms with Crippen LogP contribution >= 0.6 is 0 Å². The van der Waals surface area contributed by atoms with Crippen LogP contribution in [0, 0.1) is 0 Å². The standard InChI is InChI=1S/C84H99BN2O/c1-75(2)30-32-77(5,6)59-42-52(26-28-57(59)75)86-68-48-65-64(82(15,16)37-38-83(65,17)18)47-67(68)85-72-56-46-63-66(84(19,20)39-36-81(63,13)14)49-71(56)88-74(72)87(53-27-29-58-60(43-53)78(7,8)33-31-76(58,3)4)70-41-51(40-69(86)73(70)85)55-45-62-61(79(9,10)34-35-80(62,11)12)44-54(55)50-24-22-21-23-25-50/h21-29,40-49H,30-39H2,1-20H3. The molecule has 88 heavy (non-hydrogen) atoms. The number of furan rings is 1. The summed E-state index contributed by atoms with van der Waals surface area (Å²) >= 11 is 0. The highest BCUT2D eigenvalue weighted by atomic mass is 16.4. The SMILES string of the molecule is CC1(C)CCC(C)(C)c2cc(N3c4cc5c(cc4B4c6c3cc(-c3cc7c(cc3-c3ccccc3)C(C)(C)CCC7(C)C)cc6N(c3ccc6c(c3)C(C)(C)CCC6(C)C)c3oc6cc7c(cc6c34)C(C)(C)CCC7(C)C)C(C)(C)CCC5(C)C)ccc21. The van der Waals surface area contributed by atoms with Gasteiger partial charge in [0.25, 0.3) is 6.71 Å². The van der Waals surface area contributed by atoms with Crippen molar-refractivity contribution in [2.24, 2.45) is 0 Å². The van der Waals surface area contributed by atoms with E-state index in [0.717, 1.165) is 62.8 Å². The molecule has 15 rings (SSSR count). The van der Waals surface area contributed by atoms with Crippen molar-refractivity contribution in [3.63, 3.8) is 0 Å². The number of hydrogen-bond donors (Lipinski definition) is 0. The largest absolute Gasteiger partial charge is 0.440 e. The molecule has 0 amide bonds. The summed E-state index contributed by atoms with van der Waals surface area (Å²) in [6.45, 7) is 49.7. The highest BCUT2D eigenvalue weighted by molar-refractivity contribution is 7.01. The van der Waals surface area contributed by atoms with Gasteiger partial charge in [-0.3, -0.25) is 4.90 Å². The van der Waals surface area contributed by atoms with Gasteiger partial charge in [0.2, 0.25) is 5.88 Å². The van der Waals surface area contributed by atoms with Crippen molar-refractivity contribution >= 4 is 68.4 Å². The minimum Gasteiger partial charge on any atom is -0.440 e. The molecule has 0 unspecified atom stereocenters. The van der Waals surface area contributed by atoms with Crippen LogP contribution in [-0.4, -0.2) is 6.71 Å².